The smallest absolute Gasteiger partial charge is 0.311 e. The second kappa shape index (κ2) is 10.2. The fraction of sp³-hybridized carbons (Fsp3) is 0.846. The molecule has 0 bridgehead atoms. The third-order valence-corrected chi connectivity index (χ3v) is 10.1. The first-order valence-electron chi connectivity index (χ1n) is 12.1. The summed E-state index contributed by atoms with van der Waals surface area (Å²) in [5.41, 5.74) is -2.31. The number of aldehydes is 1. The van der Waals surface area contributed by atoms with Gasteiger partial charge >= 0.3 is 5.97 Å². The van der Waals surface area contributed by atoms with Crippen LogP contribution in [0.4, 0.5) is 0 Å². The maximum atomic E-state index is 13.3. The van der Waals surface area contributed by atoms with Crippen LogP contribution in [0, 0.1) is 39.9 Å². The van der Waals surface area contributed by atoms with Crippen LogP contribution in [0.2, 0.25) is 0 Å². The Bertz CT molecular complexity index is 617. The normalized spacial score (nSPS) is 38.8. The molecule has 0 aliphatic heterocycles. The number of unbranched alkanes of at least 4 members (excludes halogenated alkanes) is 2. The first-order chi connectivity index (χ1) is 14.2. The average Bonchev–Trinajstić information content (AvgIpc) is 3.26. The van der Waals surface area contributed by atoms with Crippen LogP contribution in [0.25, 0.3) is 0 Å². The van der Waals surface area contributed by atoms with Crippen LogP contribution < -0.4 is 0 Å². The summed E-state index contributed by atoms with van der Waals surface area (Å²) in [6.07, 6.45) is 11.1. The van der Waals surface area contributed by atoms with Crippen molar-refractivity contribution in [2.24, 2.45) is 39.9 Å². The Labute approximate surface area is 188 Å². The van der Waals surface area contributed by atoms with Gasteiger partial charge in [0.15, 0.2) is 0 Å². The van der Waals surface area contributed by atoms with Crippen LogP contribution in [-0.2, 0) is 9.59 Å². The van der Waals surface area contributed by atoms with Gasteiger partial charge in [-0.3, -0.25) is 4.79 Å². The quantitative estimate of drug-likeness (QED) is 0.206. The first-order valence-corrected chi connectivity index (χ1v) is 13.3. The number of aliphatic carboxylic acids is 1. The van der Waals surface area contributed by atoms with Gasteiger partial charge in [0, 0.05) is 16.6 Å². The van der Waals surface area contributed by atoms with Gasteiger partial charge in [-0.15, -0.1) is 6.58 Å². The van der Waals surface area contributed by atoms with Crippen LogP contribution in [0.5, 0.6) is 0 Å². The Morgan fingerprint density at radius 2 is 1.97 bits per heavy atom. The maximum Gasteiger partial charge on any atom is 0.311 e. The van der Waals surface area contributed by atoms with Crippen molar-refractivity contribution in [2.45, 2.75) is 86.0 Å². The zero-order valence-corrected chi connectivity index (χ0v) is 20.7. The summed E-state index contributed by atoms with van der Waals surface area (Å²) in [5, 5.41) is 10.9. The van der Waals surface area contributed by atoms with Crippen molar-refractivity contribution in [3.05, 3.63) is 12.7 Å². The third-order valence-electron chi connectivity index (χ3n) is 8.79. The third kappa shape index (κ3) is 3.69. The van der Waals surface area contributed by atoms with E-state index in [9.17, 15) is 14.7 Å². The number of thioether (sulfide) groups is 1. The summed E-state index contributed by atoms with van der Waals surface area (Å²) < 4.78 is 0. The lowest BCUT2D eigenvalue weighted by Crippen LogP contribution is -2.61. The van der Waals surface area contributed by atoms with Crippen LogP contribution >= 0.6 is 11.8 Å². The van der Waals surface area contributed by atoms with Crippen molar-refractivity contribution < 1.29 is 14.7 Å². The molecule has 3 nitrogen and oxygen atoms in total. The van der Waals surface area contributed by atoms with Gasteiger partial charge in [-0.1, -0.05) is 60.0 Å². The van der Waals surface area contributed by atoms with E-state index in [1.165, 1.54) is 19.3 Å². The SMILES string of the molecule is C=CC1CC(C=O)(C2CCC(C)C2)C(C(=O)O)(C(C)C)C1(CC)CSCCCCC. The highest BCUT2D eigenvalue weighted by Crippen LogP contribution is 2.74. The van der Waals surface area contributed by atoms with E-state index in [-0.39, 0.29) is 17.8 Å². The van der Waals surface area contributed by atoms with Gasteiger partial charge < -0.3 is 9.90 Å². The largest absolute Gasteiger partial charge is 0.481 e. The monoisotopic (exact) mass is 436 g/mol. The lowest BCUT2D eigenvalue weighted by atomic mass is 9.47. The minimum absolute atomic E-state index is 0.0563. The van der Waals surface area contributed by atoms with E-state index in [2.05, 4.69) is 27.4 Å². The molecule has 4 heteroatoms. The first kappa shape index (κ1) is 25.5. The van der Waals surface area contributed by atoms with Crippen molar-refractivity contribution >= 4 is 24.0 Å². The molecule has 2 fully saturated rings. The van der Waals surface area contributed by atoms with E-state index < -0.39 is 22.2 Å². The highest BCUT2D eigenvalue weighted by molar-refractivity contribution is 7.99. The fourth-order valence-corrected chi connectivity index (χ4v) is 9.09. The molecule has 0 amide bonds. The van der Waals surface area contributed by atoms with Crippen LogP contribution in [0.1, 0.15) is 86.0 Å². The van der Waals surface area contributed by atoms with Crippen molar-refractivity contribution in [1.82, 2.24) is 0 Å². The van der Waals surface area contributed by atoms with E-state index in [0.717, 1.165) is 43.5 Å². The number of carboxylic acids is 1. The molecule has 2 saturated carbocycles. The van der Waals surface area contributed by atoms with Crippen molar-refractivity contribution in [3.63, 3.8) is 0 Å². The summed E-state index contributed by atoms with van der Waals surface area (Å²) in [7, 11) is 0. The molecule has 6 unspecified atom stereocenters. The lowest BCUT2D eigenvalue weighted by molar-refractivity contribution is -0.181. The number of allylic oxidation sites excluding steroid dienone is 1. The van der Waals surface area contributed by atoms with Gasteiger partial charge in [0.25, 0.3) is 0 Å². The molecule has 2 rings (SSSR count). The maximum absolute atomic E-state index is 13.3. The minimum atomic E-state index is -1.05. The Morgan fingerprint density at radius 1 is 1.27 bits per heavy atom. The molecule has 0 aromatic rings. The number of hydrogen-bond acceptors (Lipinski definition) is 3. The van der Waals surface area contributed by atoms with E-state index in [1.807, 2.05) is 31.7 Å². The van der Waals surface area contributed by atoms with Gasteiger partial charge in [0.1, 0.15) is 6.29 Å². The molecule has 0 heterocycles. The summed E-state index contributed by atoms with van der Waals surface area (Å²) >= 11 is 1.90. The fourth-order valence-electron chi connectivity index (χ4n) is 7.53. The zero-order chi connectivity index (χ0) is 22.6. The van der Waals surface area contributed by atoms with Gasteiger partial charge in [0.05, 0.1) is 5.41 Å². The van der Waals surface area contributed by atoms with Gasteiger partial charge in [-0.05, 0) is 61.5 Å². The van der Waals surface area contributed by atoms with E-state index in [1.54, 1.807) is 0 Å². The molecular formula is C26H44O3S. The molecule has 0 spiro atoms. The summed E-state index contributed by atoms with van der Waals surface area (Å²) in [5.74, 6) is 1.76. The van der Waals surface area contributed by atoms with E-state index in [0.29, 0.717) is 12.3 Å². The molecule has 1 N–H and O–H groups in total. The highest BCUT2D eigenvalue weighted by Gasteiger charge is 2.76. The van der Waals surface area contributed by atoms with E-state index in [4.69, 9.17) is 0 Å². The summed E-state index contributed by atoms with van der Waals surface area (Å²) in [4.78, 5) is 26.4. The Morgan fingerprint density at radius 3 is 2.40 bits per heavy atom. The van der Waals surface area contributed by atoms with Gasteiger partial charge in [0.2, 0.25) is 0 Å². The second-order valence-corrected chi connectivity index (χ2v) is 11.5. The highest BCUT2D eigenvalue weighted by atomic mass is 32.2. The molecule has 30 heavy (non-hydrogen) atoms. The van der Waals surface area contributed by atoms with Crippen molar-refractivity contribution in [2.75, 3.05) is 11.5 Å². The van der Waals surface area contributed by atoms with Crippen molar-refractivity contribution in [3.8, 4) is 0 Å². The summed E-state index contributed by atoms with van der Waals surface area (Å²) in [6, 6.07) is 0. The molecule has 172 valence electrons. The van der Waals surface area contributed by atoms with Crippen LogP contribution in [0.3, 0.4) is 0 Å². The predicted molar refractivity (Wildman–Crippen MR) is 128 cm³/mol. The predicted octanol–water partition coefficient (Wildman–Crippen LogP) is 6.86. The molecule has 6 atom stereocenters. The molecule has 0 radical (unpaired) electrons. The standard InChI is InChI=1S/C26H44O3S/c1-7-10-11-14-30-18-24(9-3)21(8-2)16-25(17-27,22-13-12-20(6)15-22)26(24,19(4)5)23(28)29/h8,17,19-22H,2,7,9-16,18H2,1,3-6H3,(H,28,29). The van der Waals surface area contributed by atoms with Gasteiger partial charge in [-0.2, -0.15) is 11.8 Å². The van der Waals surface area contributed by atoms with Crippen molar-refractivity contribution in [1.29, 1.82) is 0 Å². The Balaban J connectivity index is 2.63. The molecular weight excluding hydrogens is 392 g/mol. The molecule has 2 aliphatic carbocycles. The minimum Gasteiger partial charge on any atom is -0.481 e. The molecule has 0 aromatic heterocycles. The summed E-state index contributed by atoms with van der Waals surface area (Å²) in [6.45, 7) is 14.8. The van der Waals surface area contributed by atoms with Gasteiger partial charge in [-0.25, -0.2) is 0 Å². The van der Waals surface area contributed by atoms with Crippen LogP contribution in [0.15, 0.2) is 12.7 Å². The lowest BCUT2D eigenvalue weighted by Gasteiger charge is -2.54. The number of carbonyl (C=O) groups excluding carboxylic acids is 1. The molecule has 2 aliphatic rings. The number of rotatable bonds is 12. The average molecular weight is 437 g/mol. The number of carbonyl (C=O) groups is 2. The second-order valence-electron chi connectivity index (χ2n) is 10.4. The number of carboxylic acid groups (broad SMARTS) is 1. The Hall–Kier alpha value is -0.770. The topological polar surface area (TPSA) is 54.4 Å². The Kier molecular flexibility index (Phi) is 8.69. The zero-order valence-electron chi connectivity index (χ0n) is 19.9. The molecule has 0 aromatic carbocycles. The van der Waals surface area contributed by atoms with E-state index >= 15 is 0 Å². The van der Waals surface area contributed by atoms with Crippen LogP contribution in [-0.4, -0.2) is 28.9 Å². The number of hydrogen-bond donors (Lipinski definition) is 1. The molecule has 0 saturated heterocycles.